The van der Waals surface area contributed by atoms with E-state index in [1.54, 1.807) is 6.20 Å². The lowest BCUT2D eigenvalue weighted by Gasteiger charge is -2.06. The largest absolute Gasteiger partial charge is 0.384 e. The first-order valence-electron chi connectivity index (χ1n) is 4.34. The minimum absolute atomic E-state index is 0.380. The Morgan fingerprint density at radius 2 is 2.13 bits per heavy atom. The summed E-state index contributed by atoms with van der Waals surface area (Å²) in [4.78, 5) is 0. The highest BCUT2D eigenvalue weighted by atomic mass is 35.5. The number of aromatic amines is 1. The van der Waals surface area contributed by atoms with Crippen LogP contribution in [0.4, 0.5) is 10.2 Å². The number of halogens is 2. The molecule has 78 valence electrons. The molecule has 0 aliphatic carbocycles. The van der Waals surface area contributed by atoms with Crippen LogP contribution in [0.25, 0.3) is 11.1 Å². The van der Waals surface area contributed by atoms with Crippen molar-refractivity contribution in [3.8, 4) is 11.1 Å². The number of nitrogen functional groups attached to an aromatic ring is 1. The molecule has 15 heavy (non-hydrogen) atoms. The van der Waals surface area contributed by atoms with Crippen LogP contribution >= 0.6 is 11.6 Å². The first-order valence-corrected chi connectivity index (χ1v) is 4.72. The van der Waals surface area contributed by atoms with Crippen LogP contribution in [-0.2, 0) is 0 Å². The third-order valence-corrected chi connectivity index (χ3v) is 2.66. The molecule has 1 aromatic heterocycles. The first kappa shape index (κ1) is 9.98. The Kier molecular flexibility index (Phi) is 2.36. The van der Waals surface area contributed by atoms with Crippen molar-refractivity contribution in [3.63, 3.8) is 0 Å². The number of nitrogens with zero attached hydrogens (tertiary/aromatic N) is 1. The maximum atomic E-state index is 13.2. The van der Waals surface area contributed by atoms with Crippen molar-refractivity contribution in [3.05, 3.63) is 34.7 Å². The Balaban J connectivity index is 2.68. The summed E-state index contributed by atoms with van der Waals surface area (Å²) in [6.07, 6.45) is 1.55. The highest BCUT2D eigenvalue weighted by Crippen LogP contribution is 2.31. The van der Waals surface area contributed by atoms with Crippen LogP contribution in [0, 0.1) is 12.7 Å². The molecule has 2 rings (SSSR count). The summed E-state index contributed by atoms with van der Waals surface area (Å²) in [5.74, 6) is 0.0148. The molecule has 2 aromatic rings. The van der Waals surface area contributed by atoms with Gasteiger partial charge in [0.25, 0.3) is 0 Å². The summed E-state index contributed by atoms with van der Waals surface area (Å²) in [6.45, 7) is 1.81. The van der Waals surface area contributed by atoms with Gasteiger partial charge in [-0.2, -0.15) is 5.10 Å². The fourth-order valence-electron chi connectivity index (χ4n) is 1.44. The van der Waals surface area contributed by atoms with Crippen LogP contribution in [0.1, 0.15) is 5.56 Å². The fraction of sp³-hybridized carbons (Fsp3) is 0.100. The first-order chi connectivity index (χ1) is 7.09. The average Bonchev–Trinajstić information content (AvgIpc) is 2.58. The number of aromatic nitrogens is 2. The predicted molar refractivity (Wildman–Crippen MR) is 58.1 cm³/mol. The van der Waals surface area contributed by atoms with Gasteiger partial charge in [-0.25, -0.2) is 4.39 Å². The van der Waals surface area contributed by atoms with Crippen LogP contribution in [0.3, 0.4) is 0 Å². The molecule has 0 aliphatic rings. The van der Waals surface area contributed by atoms with Gasteiger partial charge in [-0.3, -0.25) is 5.10 Å². The quantitative estimate of drug-likeness (QED) is 0.784. The lowest BCUT2D eigenvalue weighted by molar-refractivity contribution is 0.628. The van der Waals surface area contributed by atoms with E-state index < -0.39 is 0 Å². The lowest BCUT2D eigenvalue weighted by Crippen LogP contribution is -1.91. The van der Waals surface area contributed by atoms with Gasteiger partial charge in [0.15, 0.2) is 0 Å². The Morgan fingerprint density at radius 1 is 1.40 bits per heavy atom. The van der Waals surface area contributed by atoms with E-state index >= 15 is 0 Å². The molecule has 0 fully saturated rings. The van der Waals surface area contributed by atoms with Crippen LogP contribution in [0.5, 0.6) is 0 Å². The average molecular weight is 226 g/mol. The number of hydrogen-bond acceptors (Lipinski definition) is 2. The summed E-state index contributed by atoms with van der Waals surface area (Å²) in [5, 5.41) is 6.76. The maximum absolute atomic E-state index is 13.2. The number of anilines is 1. The fourth-order valence-corrected chi connectivity index (χ4v) is 1.64. The molecule has 0 unspecified atom stereocenters. The molecule has 0 aliphatic heterocycles. The van der Waals surface area contributed by atoms with Crippen LogP contribution in [0.15, 0.2) is 18.3 Å². The van der Waals surface area contributed by atoms with Gasteiger partial charge < -0.3 is 5.73 Å². The molecule has 0 bridgehead atoms. The molecular weight excluding hydrogens is 217 g/mol. The van der Waals surface area contributed by atoms with Crippen molar-refractivity contribution in [2.24, 2.45) is 0 Å². The van der Waals surface area contributed by atoms with Crippen LogP contribution < -0.4 is 5.73 Å². The van der Waals surface area contributed by atoms with Crippen molar-refractivity contribution in [1.29, 1.82) is 0 Å². The second-order valence-corrected chi connectivity index (χ2v) is 3.66. The second kappa shape index (κ2) is 3.55. The Morgan fingerprint density at radius 3 is 2.73 bits per heavy atom. The highest BCUT2D eigenvalue weighted by molar-refractivity contribution is 6.31. The summed E-state index contributed by atoms with van der Waals surface area (Å²) < 4.78 is 13.2. The zero-order valence-corrected chi connectivity index (χ0v) is 8.77. The highest BCUT2D eigenvalue weighted by Gasteiger charge is 2.11. The standard InChI is InChI=1S/C10H9ClFN3/c1-5-7(2-6(12)3-9(5)11)8-4-14-15-10(8)13/h2-4H,1H3,(H3,13,14,15). The van der Waals surface area contributed by atoms with Crippen LogP contribution in [-0.4, -0.2) is 10.2 Å². The normalized spacial score (nSPS) is 10.6. The van der Waals surface area contributed by atoms with Gasteiger partial charge in [-0.05, 0) is 30.2 Å². The van der Waals surface area contributed by atoms with E-state index in [-0.39, 0.29) is 5.82 Å². The number of H-pyrrole nitrogens is 1. The molecule has 0 amide bonds. The molecule has 0 saturated heterocycles. The van der Waals surface area contributed by atoms with E-state index in [1.165, 1.54) is 12.1 Å². The van der Waals surface area contributed by atoms with E-state index in [2.05, 4.69) is 10.2 Å². The molecule has 0 atom stereocenters. The van der Waals surface area contributed by atoms with Crippen molar-refractivity contribution in [2.75, 3.05) is 5.73 Å². The van der Waals surface area contributed by atoms with Crippen molar-refractivity contribution in [1.82, 2.24) is 10.2 Å². The van der Waals surface area contributed by atoms with Crippen molar-refractivity contribution in [2.45, 2.75) is 6.92 Å². The molecule has 3 nitrogen and oxygen atoms in total. The zero-order valence-electron chi connectivity index (χ0n) is 8.01. The maximum Gasteiger partial charge on any atom is 0.126 e. The predicted octanol–water partition coefficient (Wildman–Crippen LogP) is 2.76. The smallest absolute Gasteiger partial charge is 0.126 e. The topological polar surface area (TPSA) is 54.7 Å². The van der Waals surface area contributed by atoms with Crippen molar-refractivity contribution >= 4 is 17.4 Å². The van der Waals surface area contributed by atoms with E-state index in [0.29, 0.717) is 22.0 Å². The molecule has 0 radical (unpaired) electrons. The lowest BCUT2D eigenvalue weighted by atomic mass is 10.0. The number of rotatable bonds is 1. The van der Waals surface area contributed by atoms with Gasteiger partial charge in [-0.1, -0.05) is 11.6 Å². The number of nitrogens with one attached hydrogen (secondary N) is 1. The van der Waals surface area contributed by atoms with Gasteiger partial charge in [0.2, 0.25) is 0 Å². The third-order valence-electron chi connectivity index (χ3n) is 2.27. The number of hydrogen-bond donors (Lipinski definition) is 2. The second-order valence-electron chi connectivity index (χ2n) is 3.26. The van der Waals surface area contributed by atoms with Gasteiger partial charge >= 0.3 is 0 Å². The van der Waals surface area contributed by atoms with Gasteiger partial charge in [-0.15, -0.1) is 0 Å². The molecule has 1 heterocycles. The van der Waals surface area contributed by atoms with E-state index in [1.807, 2.05) is 6.92 Å². The van der Waals surface area contributed by atoms with E-state index in [0.717, 1.165) is 5.56 Å². The van der Waals surface area contributed by atoms with Crippen LogP contribution in [0.2, 0.25) is 5.02 Å². The molecule has 1 aromatic carbocycles. The minimum atomic E-state index is -0.388. The summed E-state index contributed by atoms with van der Waals surface area (Å²) in [7, 11) is 0. The summed E-state index contributed by atoms with van der Waals surface area (Å²) >= 11 is 5.88. The molecule has 0 spiro atoms. The monoisotopic (exact) mass is 225 g/mol. The molecule has 5 heteroatoms. The third kappa shape index (κ3) is 1.68. The summed E-state index contributed by atoms with van der Waals surface area (Å²) in [6, 6.07) is 2.67. The summed E-state index contributed by atoms with van der Waals surface area (Å²) in [5.41, 5.74) is 7.76. The molecule has 3 N–H and O–H groups in total. The minimum Gasteiger partial charge on any atom is -0.384 e. The van der Waals surface area contributed by atoms with Crippen molar-refractivity contribution < 1.29 is 4.39 Å². The van der Waals surface area contributed by atoms with Gasteiger partial charge in [0, 0.05) is 10.6 Å². The Hall–Kier alpha value is -1.55. The Bertz CT molecular complexity index is 507. The number of benzene rings is 1. The Labute approximate surface area is 91.1 Å². The molecular formula is C10H9ClFN3. The van der Waals surface area contributed by atoms with E-state index in [4.69, 9.17) is 17.3 Å². The van der Waals surface area contributed by atoms with Gasteiger partial charge in [0.1, 0.15) is 11.6 Å². The van der Waals surface area contributed by atoms with Gasteiger partial charge in [0.05, 0.1) is 6.20 Å². The zero-order chi connectivity index (χ0) is 11.0. The molecule has 0 saturated carbocycles. The SMILES string of the molecule is Cc1c(Cl)cc(F)cc1-c1cn[nH]c1N. The number of nitrogens with two attached hydrogens (primary N) is 1. The van der Waals surface area contributed by atoms with E-state index in [9.17, 15) is 4.39 Å².